The van der Waals surface area contributed by atoms with Crippen LogP contribution in [0.15, 0.2) is 54.1 Å². The van der Waals surface area contributed by atoms with E-state index in [1.54, 1.807) is 48.5 Å². The Morgan fingerprint density at radius 2 is 1.56 bits per heavy atom. The number of carboxylic acid groups (broad SMARTS) is 1. The molecule has 0 spiro atoms. The molecule has 6 nitrogen and oxygen atoms in total. The fraction of sp³-hybridized carbons (Fsp3) is 0.0556. The predicted octanol–water partition coefficient (Wildman–Crippen LogP) is 3.10. The molecule has 0 aromatic heterocycles. The number of benzene rings is 2. The molecule has 25 heavy (non-hydrogen) atoms. The van der Waals surface area contributed by atoms with Crippen LogP contribution < -0.4 is 10.5 Å². The van der Waals surface area contributed by atoms with Crippen LogP contribution in [0.5, 0.6) is 5.75 Å². The third-order valence-electron chi connectivity index (χ3n) is 3.24. The number of nitrogen functional groups attached to an aromatic ring is 1. The molecule has 0 fully saturated rings. The number of carbonyl (C=O) groups is 2. The maximum atomic E-state index is 12.1. The lowest BCUT2D eigenvalue weighted by atomic mass is 10.1. The van der Waals surface area contributed by atoms with E-state index in [1.807, 2.05) is 0 Å². The molecule has 0 amide bonds. The highest BCUT2D eigenvalue weighted by Crippen LogP contribution is 2.15. The number of aliphatic carboxylic acids is 1. The van der Waals surface area contributed by atoms with Gasteiger partial charge in [-0.1, -0.05) is 12.1 Å². The molecule has 0 unspecified atom stereocenters. The average Bonchev–Trinajstić information content (AvgIpc) is 2.55. The van der Waals surface area contributed by atoms with Gasteiger partial charge in [-0.05, 0) is 55.0 Å². The topological polar surface area (TPSA) is 113 Å². The Morgan fingerprint density at radius 1 is 1.04 bits per heavy atom. The minimum atomic E-state index is -0.993. The summed E-state index contributed by atoms with van der Waals surface area (Å²) in [6.45, 7) is 1.50. The van der Waals surface area contributed by atoms with Gasteiger partial charge >= 0.3 is 11.9 Å². The first-order chi connectivity index (χ1) is 11.4. The van der Waals surface area contributed by atoms with Crippen molar-refractivity contribution in [1.82, 2.24) is 0 Å². The summed E-state index contributed by atoms with van der Waals surface area (Å²) < 4.78 is 5.23. The van der Waals surface area contributed by atoms with Gasteiger partial charge in [-0.25, -0.2) is 9.59 Å². The van der Waals surface area contributed by atoms with E-state index in [0.717, 1.165) is 0 Å². The predicted molar refractivity (Wildman–Crippen MR) is 97.4 cm³/mol. The van der Waals surface area contributed by atoms with Crippen molar-refractivity contribution < 1.29 is 19.4 Å². The molecule has 0 aliphatic rings. The first-order valence-corrected chi connectivity index (χ1v) is 7.05. The number of esters is 1. The van der Waals surface area contributed by atoms with Gasteiger partial charge in [0.2, 0.25) is 0 Å². The normalized spacial score (nSPS) is 10.5. The maximum Gasteiger partial charge on any atom is 0.343 e. The van der Waals surface area contributed by atoms with Crippen molar-refractivity contribution in [3.63, 3.8) is 0 Å². The molecule has 0 saturated heterocycles. The second-order valence-electron chi connectivity index (χ2n) is 5.08. The van der Waals surface area contributed by atoms with Crippen LogP contribution in [-0.2, 0) is 4.79 Å². The lowest BCUT2D eigenvalue weighted by molar-refractivity contribution is -0.132. The third-order valence-corrected chi connectivity index (χ3v) is 3.24. The van der Waals surface area contributed by atoms with Crippen molar-refractivity contribution >= 4 is 36.3 Å². The largest absolute Gasteiger partial charge is 0.478 e. The zero-order valence-electron chi connectivity index (χ0n) is 13.4. The molecular weight excluding hydrogens is 344 g/mol. The van der Waals surface area contributed by atoms with E-state index in [-0.39, 0.29) is 23.8 Å². The smallest absolute Gasteiger partial charge is 0.343 e. The van der Waals surface area contributed by atoms with Crippen LogP contribution in [0.1, 0.15) is 28.4 Å². The summed E-state index contributed by atoms with van der Waals surface area (Å²) in [6, 6.07) is 12.7. The zero-order chi connectivity index (χ0) is 17.7. The molecule has 0 saturated carbocycles. The average molecular weight is 361 g/mol. The summed E-state index contributed by atoms with van der Waals surface area (Å²) >= 11 is 0. The van der Waals surface area contributed by atoms with Crippen molar-refractivity contribution in [3.05, 3.63) is 70.8 Å². The van der Waals surface area contributed by atoms with Crippen LogP contribution in [0.4, 0.5) is 0 Å². The van der Waals surface area contributed by atoms with E-state index >= 15 is 0 Å². The Kier molecular flexibility index (Phi) is 6.90. The van der Waals surface area contributed by atoms with E-state index in [0.29, 0.717) is 22.4 Å². The van der Waals surface area contributed by atoms with Gasteiger partial charge in [-0.2, -0.15) is 0 Å². The molecule has 0 radical (unpaired) electrons. The molecule has 0 aliphatic carbocycles. The van der Waals surface area contributed by atoms with Crippen molar-refractivity contribution in [2.24, 2.45) is 5.73 Å². The van der Waals surface area contributed by atoms with Crippen LogP contribution >= 0.6 is 12.4 Å². The van der Waals surface area contributed by atoms with Crippen molar-refractivity contribution in [2.75, 3.05) is 0 Å². The fourth-order valence-electron chi connectivity index (χ4n) is 1.90. The van der Waals surface area contributed by atoms with Gasteiger partial charge in [0.15, 0.2) is 0 Å². The van der Waals surface area contributed by atoms with E-state index in [2.05, 4.69) is 0 Å². The van der Waals surface area contributed by atoms with Crippen LogP contribution in [0.25, 0.3) is 6.08 Å². The van der Waals surface area contributed by atoms with E-state index < -0.39 is 11.9 Å². The Balaban J connectivity index is 0.00000312. The highest BCUT2D eigenvalue weighted by atomic mass is 35.5. The summed E-state index contributed by atoms with van der Waals surface area (Å²) in [6.07, 6.45) is 1.51. The summed E-state index contributed by atoms with van der Waals surface area (Å²) in [7, 11) is 0. The summed E-state index contributed by atoms with van der Waals surface area (Å²) in [5.41, 5.74) is 7.12. The van der Waals surface area contributed by atoms with E-state index in [1.165, 1.54) is 13.0 Å². The molecule has 2 aromatic carbocycles. The first-order valence-electron chi connectivity index (χ1n) is 7.05. The Morgan fingerprint density at radius 3 is 2.04 bits per heavy atom. The number of hydrogen-bond donors (Lipinski definition) is 3. The Bertz CT molecular complexity index is 812. The standard InChI is InChI=1S/C18H16N2O4.ClH/c1-11(17(21)22)10-12-2-4-14(5-3-12)18(23)24-15-8-6-13(7-9-15)16(19)20;/h2-10H,1H3,(H3,19,20)(H,21,22);1H. The number of ether oxygens (including phenoxy) is 1. The van der Waals surface area contributed by atoms with Crippen molar-refractivity contribution in [3.8, 4) is 5.75 Å². The molecule has 0 atom stereocenters. The number of carbonyl (C=O) groups excluding carboxylic acids is 1. The second-order valence-corrected chi connectivity index (χ2v) is 5.08. The lowest BCUT2D eigenvalue weighted by Gasteiger charge is -2.06. The molecule has 4 N–H and O–H groups in total. The number of halogens is 1. The lowest BCUT2D eigenvalue weighted by Crippen LogP contribution is -2.11. The molecule has 0 bridgehead atoms. The van der Waals surface area contributed by atoms with Crippen LogP contribution in [0.2, 0.25) is 0 Å². The van der Waals surface area contributed by atoms with Gasteiger partial charge in [0.25, 0.3) is 0 Å². The molecular formula is C18H17ClN2O4. The summed E-state index contributed by atoms with van der Waals surface area (Å²) in [5, 5.41) is 16.1. The van der Waals surface area contributed by atoms with Gasteiger partial charge < -0.3 is 15.6 Å². The summed E-state index contributed by atoms with van der Waals surface area (Å²) in [4.78, 5) is 22.9. The highest BCUT2D eigenvalue weighted by Gasteiger charge is 2.09. The molecule has 2 aromatic rings. The van der Waals surface area contributed by atoms with E-state index in [4.69, 9.17) is 21.0 Å². The number of nitrogens with one attached hydrogen (secondary N) is 1. The quantitative estimate of drug-likeness (QED) is 0.249. The molecule has 7 heteroatoms. The van der Waals surface area contributed by atoms with Crippen LogP contribution in [0.3, 0.4) is 0 Å². The van der Waals surface area contributed by atoms with E-state index in [9.17, 15) is 9.59 Å². The molecule has 2 rings (SSSR count). The summed E-state index contributed by atoms with van der Waals surface area (Å²) in [5.74, 6) is -1.24. The monoisotopic (exact) mass is 360 g/mol. The molecule has 0 aliphatic heterocycles. The number of nitrogens with two attached hydrogens (primary N) is 1. The number of carboxylic acids is 1. The van der Waals surface area contributed by atoms with Crippen LogP contribution in [0, 0.1) is 5.41 Å². The van der Waals surface area contributed by atoms with Gasteiger partial charge in [0.05, 0.1) is 5.56 Å². The van der Waals surface area contributed by atoms with Gasteiger partial charge in [-0.3, -0.25) is 5.41 Å². The Hall–Kier alpha value is -3.12. The SMILES string of the molecule is CC(=Cc1ccc(C(=O)Oc2ccc(C(=N)N)cc2)cc1)C(=O)O.Cl. The fourth-order valence-corrected chi connectivity index (χ4v) is 1.90. The second kappa shape index (κ2) is 8.65. The minimum Gasteiger partial charge on any atom is -0.478 e. The molecule has 130 valence electrons. The minimum absolute atomic E-state index is 0. The number of rotatable bonds is 5. The maximum absolute atomic E-state index is 12.1. The third kappa shape index (κ3) is 5.47. The number of amidine groups is 1. The molecule has 0 heterocycles. The zero-order valence-corrected chi connectivity index (χ0v) is 14.2. The van der Waals surface area contributed by atoms with Gasteiger partial charge in [0.1, 0.15) is 11.6 Å². The number of hydrogen-bond acceptors (Lipinski definition) is 4. The van der Waals surface area contributed by atoms with Gasteiger partial charge in [0, 0.05) is 11.1 Å². The van der Waals surface area contributed by atoms with Gasteiger partial charge in [-0.15, -0.1) is 12.4 Å². The Labute approximate surface area is 150 Å². The van der Waals surface area contributed by atoms with Crippen molar-refractivity contribution in [1.29, 1.82) is 5.41 Å². The van der Waals surface area contributed by atoms with Crippen LogP contribution in [-0.4, -0.2) is 22.9 Å². The highest BCUT2D eigenvalue weighted by molar-refractivity contribution is 5.95. The van der Waals surface area contributed by atoms with Crippen molar-refractivity contribution in [2.45, 2.75) is 6.92 Å². The first kappa shape index (κ1) is 19.9.